The summed E-state index contributed by atoms with van der Waals surface area (Å²) in [4.78, 5) is 0. The van der Waals surface area contributed by atoms with Crippen molar-refractivity contribution in [1.82, 2.24) is 5.32 Å². The van der Waals surface area contributed by atoms with Crippen LogP contribution in [0.4, 0.5) is 0 Å². The molecule has 1 aliphatic heterocycles. The Morgan fingerprint density at radius 3 is 1.50 bits per heavy atom. The van der Waals surface area contributed by atoms with Gasteiger partial charge in [0.1, 0.15) is 0 Å². The molecule has 0 unspecified atom stereocenters. The van der Waals surface area contributed by atoms with E-state index in [1.54, 1.807) is 0 Å². The van der Waals surface area contributed by atoms with Crippen LogP contribution >= 0.6 is 24.8 Å². The third-order valence-corrected chi connectivity index (χ3v) is 0.893. The molecular weight excluding hydrogens is 207 g/mol. The first-order valence-electron chi connectivity index (χ1n) is 2.34. The van der Waals surface area contributed by atoms with E-state index < -0.39 is 0 Å². The summed E-state index contributed by atoms with van der Waals surface area (Å²) >= 11 is 0. The van der Waals surface area contributed by atoms with Gasteiger partial charge in [0, 0.05) is 0 Å². The standard InChI is InChI=1S/C4H9N2.CH3.2ClH.Ti/c1-2-6-4-3-5-1;;;;/h5H,1-4H2;1H3;2*1H;/q2*-1;;;+2. The van der Waals surface area contributed by atoms with Crippen LogP contribution in [0.3, 0.4) is 0 Å². The van der Waals surface area contributed by atoms with Crippen molar-refractivity contribution in [3.8, 4) is 0 Å². The summed E-state index contributed by atoms with van der Waals surface area (Å²) in [5.41, 5.74) is 0. The van der Waals surface area contributed by atoms with Crippen LogP contribution in [-0.4, -0.2) is 26.2 Å². The van der Waals surface area contributed by atoms with Crippen LogP contribution in [0.25, 0.3) is 5.32 Å². The molecule has 1 N–H and O–H groups in total. The summed E-state index contributed by atoms with van der Waals surface area (Å²) in [5, 5.41) is 7.31. The van der Waals surface area contributed by atoms with Crippen LogP contribution in [0, 0.1) is 7.43 Å². The third kappa shape index (κ3) is 11.9. The van der Waals surface area contributed by atoms with E-state index in [1.165, 1.54) is 0 Å². The summed E-state index contributed by atoms with van der Waals surface area (Å²) in [6.07, 6.45) is 0. The number of nitrogens with one attached hydrogen (secondary N) is 1. The normalized spacial score (nSPS) is 14.4. The molecule has 1 saturated heterocycles. The predicted octanol–water partition coefficient (Wildman–Crippen LogP) is 1.25. The largest absolute Gasteiger partial charge is 2.00 e. The molecule has 1 fully saturated rings. The van der Waals surface area contributed by atoms with Crippen molar-refractivity contribution in [2.24, 2.45) is 0 Å². The minimum atomic E-state index is 0. The molecule has 1 rings (SSSR count). The zero-order chi connectivity index (χ0) is 4.24. The molecule has 0 atom stereocenters. The van der Waals surface area contributed by atoms with Gasteiger partial charge < -0.3 is 18.1 Å². The first-order chi connectivity index (χ1) is 3.00. The van der Waals surface area contributed by atoms with Crippen LogP contribution in [-0.2, 0) is 21.7 Å². The molecule has 0 aliphatic carbocycles. The van der Waals surface area contributed by atoms with Crippen LogP contribution in [0.15, 0.2) is 0 Å². The van der Waals surface area contributed by atoms with Crippen LogP contribution in [0.2, 0.25) is 0 Å². The Morgan fingerprint density at radius 2 is 1.40 bits per heavy atom. The first kappa shape index (κ1) is 22.5. The Hall–Kier alpha value is 1.21. The van der Waals surface area contributed by atoms with Crippen molar-refractivity contribution in [2.75, 3.05) is 26.2 Å². The van der Waals surface area contributed by atoms with Gasteiger partial charge in [-0.25, -0.2) is 0 Å². The zero-order valence-corrected chi connectivity index (χ0v) is 9.29. The van der Waals surface area contributed by atoms with Gasteiger partial charge in [-0.05, 0) is 13.1 Å². The topological polar surface area (TPSA) is 26.1 Å². The van der Waals surface area contributed by atoms with Crippen LogP contribution in [0.5, 0.6) is 0 Å². The van der Waals surface area contributed by atoms with Gasteiger partial charge in [0.25, 0.3) is 0 Å². The predicted molar refractivity (Wildman–Crippen MR) is 46.9 cm³/mol. The van der Waals surface area contributed by atoms with Gasteiger partial charge >= 0.3 is 21.7 Å². The summed E-state index contributed by atoms with van der Waals surface area (Å²) in [5.74, 6) is 0. The van der Waals surface area contributed by atoms with Gasteiger partial charge in [-0.15, -0.1) is 37.9 Å². The Balaban J connectivity index is -0.0000000450. The maximum Gasteiger partial charge on any atom is 2.00 e. The Morgan fingerprint density at radius 1 is 1.00 bits per heavy atom. The van der Waals surface area contributed by atoms with E-state index >= 15 is 0 Å². The molecule has 0 saturated carbocycles. The molecule has 1 aliphatic rings. The third-order valence-electron chi connectivity index (χ3n) is 0.893. The number of nitrogens with zero attached hydrogens (tertiary/aromatic N) is 1. The molecule has 0 spiro atoms. The van der Waals surface area contributed by atoms with Gasteiger partial charge in [0.2, 0.25) is 0 Å². The van der Waals surface area contributed by atoms with Crippen LogP contribution < -0.4 is 5.32 Å². The average Bonchev–Trinajstić information content (AvgIpc) is 1.72. The maximum absolute atomic E-state index is 4.11. The van der Waals surface area contributed by atoms with Crippen molar-refractivity contribution in [3.63, 3.8) is 0 Å². The fourth-order valence-corrected chi connectivity index (χ4v) is 0.553. The molecule has 5 heteroatoms. The summed E-state index contributed by atoms with van der Waals surface area (Å²) in [6.45, 7) is 4.19. The van der Waals surface area contributed by atoms with Crippen molar-refractivity contribution in [1.29, 1.82) is 0 Å². The summed E-state index contributed by atoms with van der Waals surface area (Å²) in [7, 11) is 0. The Kier molecular flexibility index (Phi) is 37.5. The minimum Gasteiger partial charge on any atom is -0.660 e. The number of rotatable bonds is 0. The van der Waals surface area contributed by atoms with Gasteiger partial charge in [0.15, 0.2) is 0 Å². The van der Waals surface area contributed by atoms with E-state index in [4.69, 9.17) is 0 Å². The number of piperazine rings is 1. The van der Waals surface area contributed by atoms with Gasteiger partial charge in [-0.1, -0.05) is 0 Å². The Bertz CT molecular complexity index is 33.1. The molecule has 2 nitrogen and oxygen atoms in total. The van der Waals surface area contributed by atoms with Crippen molar-refractivity contribution in [3.05, 3.63) is 12.7 Å². The van der Waals surface area contributed by atoms with E-state index in [1.807, 2.05) is 0 Å². The first-order valence-corrected chi connectivity index (χ1v) is 2.34. The summed E-state index contributed by atoms with van der Waals surface area (Å²) in [6, 6.07) is 0. The van der Waals surface area contributed by atoms with Crippen molar-refractivity contribution < 1.29 is 21.7 Å². The quantitative estimate of drug-likeness (QED) is 0.483. The van der Waals surface area contributed by atoms with Gasteiger partial charge in [-0.2, -0.15) is 0 Å². The number of hydrogen-bond acceptors (Lipinski definition) is 1. The molecule has 0 bridgehead atoms. The van der Waals surface area contributed by atoms with E-state index in [2.05, 4.69) is 10.6 Å². The van der Waals surface area contributed by atoms with E-state index in [0.717, 1.165) is 26.2 Å². The van der Waals surface area contributed by atoms with Crippen molar-refractivity contribution in [2.45, 2.75) is 0 Å². The molecule has 62 valence electrons. The van der Waals surface area contributed by atoms with Crippen molar-refractivity contribution >= 4 is 24.8 Å². The second-order valence-electron chi connectivity index (χ2n) is 1.42. The minimum absolute atomic E-state index is 0. The second kappa shape index (κ2) is 16.7. The molecule has 0 radical (unpaired) electrons. The molecule has 0 aromatic carbocycles. The molecule has 0 aromatic heterocycles. The molecule has 0 amide bonds. The Labute approximate surface area is 90.6 Å². The fraction of sp³-hybridized carbons (Fsp3) is 0.800. The average molecular weight is 221 g/mol. The molecule has 1 heterocycles. The molecular formula is C5H14Cl2N2Ti. The molecule has 0 aromatic rings. The maximum atomic E-state index is 4.11. The monoisotopic (exact) mass is 220 g/mol. The zero-order valence-electron chi connectivity index (χ0n) is 6.09. The second-order valence-corrected chi connectivity index (χ2v) is 1.42. The fourth-order valence-electron chi connectivity index (χ4n) is 0.553. The van der Waals surface area contributed by atoms with E-state index in [-0.39, 0.29) is 54.0 Å². The van der Waals surface area contributed by atoms with Crippen LogP contribution in [0.1, 0.15) is 0 Å². The SMILES string of the molecule is C1CNCC[N-]1.Cl.Cl.[CH3-].[Ti+2]. The number of hydrogen-bond donors (Lipinski definition) is 1. The van der Waals surface area contributed by atoms with Gasteiger partial charge in [-0.3, -0.25) is 0 Å². The van der Waals surface area contributed by atoms with E-state index in [0.29, 0.717) is 0 Å². The smallest absolute Gasteiger partial charge is 0.660 e. The van der Waals surface area contributed by atoms with Gasteiger partial charge in [0.05, 0.1) is 0 Å². The van der Waals surface area contributed by atoms with E-state index in [9.17, 15) is 0 Å². The molecule has 10 heavy (non-hydrogen) atoms. The summed E-state index contributed by atoms with van der Waals surface area (Å²) < 4.78 is 0. The number of halogens is 2.